The Morgan fingerprint density at radius 2 is 1.94 bits per heavy atom. The van der Waals surface area contributed by atoms with Gasteiger partial charge in [-0.3, -0.25) is 4.79 Å². The van der Waals surface area contributed by atoms with Crippen molar-refractivity contribution in [1.29, 1.82) is 0 Å². The summed E-state index contributed by atoms with van der Waals surface area (Å²) in [4.78, 5) is 11.6. The van der Waals surface area contributed by atoms with E-state index in [-0.39, 0.29) is 12.5 Å². The average molecular weight is 241 g/mol. The summed E-state index contributed by atoms with van der Waals surface area (Å²) in [5.41, 5.74) is 0. The van der Waals surface area contributed by atoms with Gasteiger partial charge < -0.3 is 10.4 Å². The van der Waals surface area contributed by atoms with Gasteiger partial charge in [0.1, 0.15) is 0 Å². The van der Waals surface area contributed by atoms with Crippen LogP contribution in [0.1, 0.15) is 52.4 Å². The van der Waals surface area contributed by atoms with Gasteiger partial charge in [0.05, 0.1) is 0 Å². The van der Waals surface area contributed by atoms with E-state index in [1.54, 1.807) is 0 Å². The second-order valence-corrected chi connectivity index (χ2v) is 5.72. The molecule has 1 amide bonds. The first-order valence-electron chi connectivity index (χ1n) is 7.01. The Balaban J connectivity index is 2.21. The van der Waals surface area contributed by atoms with Crippen LogP contribution in [0.3, 0.4) is 0 Å². The van der Waals surface area contributed by atoms with E-state index in [0.29, 0.717) is 24.2 Å². The summed E-state index contributed by atoms with van der Waals surface area (Å²) < 4.78 is 0. The third-order valence-corrected chi connectivity index (χ3v) is 3.81. The minimum Gasteiger partial charge on any atom is -0.396 e. The van der Waals surface area contributed by atoms with Crippen LogP contribution in [0.4, 0.5) is 0 Å². The Labute approximate surface area is 105 Å². The zero-order valence-corrected chi connectivity index (χ0v) is 11.2. The Hall–Kier alpha value is -0.570. The van der Waals surface area contributed by atoms with Crippen molar-refractivity contribution >= 4 is 5.91 Å². The summed E-state index contributed by atoms with van der Waals surface area (Å²) in [5.74, 6) is 1.63. The third-order valence-electron chi connectivity index (χ3n) is 3.81. The van der Waals surface area contributed by atoms with E-state index in [9.17, 15) is 9.90 Å². The molecule has 0 aromatic carbocycles. The van der Waals surface area contributed by atoms with Gasteiger partial charge in [0.15, 0.2) is 0 Å². The lowest BCUT2D eigenvalue weighted by molar-refractivity contribution is -0.121. The zero-order chi connectivity index (χ0) is 12.7. The molecule has 100 valence electrons. The van der Waals surface area contributed by atoms with E-state index in [4.69, 9.17) is 0 Å². The summed E-state index contributed by atoms with van der Waals surface area (Å²) in [6.07, 6.45) is 6.32. The van der Waals surface area contributed by atoms with Crippen molar-refractivity contribution in [2.75, 3.05) is 13.2 Å². The lowest BCUT2D eigenvalue weighted by atomic mass is 9.79. The Morgan fingerprint density at radius 3 is 2.53 bits per heavy atom. The molecule has 2 N–H and O–H groups in total. The van der Waals surface area contributed by atoms with E-state index in [1.165, 1.54) is 12.8 Å². The summed E-state index contributed by atoms with van der Waals surface area (Å²) in [7, 11) is 0. The third kappa shape index (κ3) is 5.53. The summed E-state index contributed by atoms with van der Waals surface area (Å²) in [6, 6.07) is 0. The summed E-state index contributed by atoms with van der Waals surface area (Å²) in [5, 5.41) is 12.3. The number of hydrogen-bond acceptors (Lipinski definition) is 2. The van der Waals surface area contributed by atoms with Crippen molar-refractivity contribution in [1.82, 2.24) is 5.32 Å². The van der Waals surface area contributed by atoms with E-state index in [2.05, 4.69) is 19.2 Å². The molecule has 0 aliphatic heterocycles. The highest BCUT2D eigenvalue weighted by Crippen LogP contribution is 2.29. The van der Waals surface area contributed by atoms with E-state index in [0.717, 1.165) is 25.8 Å². The molecule has 0 spiro atoms. The highest BCUT2D eigenvalue weighted by atomic mass is 16.3. The van der Waals surface area contributed by atoms with Crippen LogP contribution in [0, 0.1) is 17.8 Å². The number of aliphatic hydroxyl groups excluding tert-OH is 1. The van der Waals surface area contributed by atoms with Crippen molar-refractivity contribution in [2.24, 2.45) is 17.8 Å². The van der Waals surface area contributed by atoms with Crippen molar-refractivity contribution < 1.29 is 9.90 Å². The molecule has 0 bridgehead atoms. The molecule has 2 unspecified atom stereocenters. The van der Waals surface area contributed by atoms with Gasteiger partial charge in [0, 0.05) is 19.6 Å². The van der Waals surface area contributed by atoms with Crippen LogP contribution < -0.4 is 5.32 Å². The van der Waals surface area contributed by atoms with Crippen LogP contribution in [0.2, 0.25) is 0 Å². The maximum Gasteiger partial charge on any atom is 0.220 e. The smallest absolute Gasteiger partial charge is 0.220 e. The minimum atomic E-state index is 0.168. The predicted octanol–water partition coefficient (Wildman–Crippen LogP) is 2.34. The fraction of sp³-hybridized carbons (Fsp3) is 0.929. The van der Waals surface area contributed by atoms with Gasteiger partial charge in [-0.2, -0.15) is 0 Å². The average Bonchev–Trinajstić information content (AvgIpc) is 2.34. The van der Waals surface area contributed by atoms with Gasteiger partial charge in [-0.15, -0.1) is 0 Å². The molecule has 3 heteroatoms. The normalized spacial score (nSPS) is 24.9. The molecule has 1 aliphatic carbocycles. The molecule has 1 saturated carbocycles. The molecule has 17 heavy (non-hydrogen) atoms. The maximum absolute atomic E-state index is 11.6. The molecule has 0 aromatic heterocycles. The van der Waals surface area contributed by atoms with Gasteiger partial charge >= 0.3 is 0 Å². The molecular weight excluding hydrogens is 214 g/mol. The maximum atomic E-state index is 11.6. The zero-order valence-electron chi connectivity index (χ0n) is 11.2. The summed E-state index contributed by atoms with van der Waals surface area (Å²) in [6.45, 7) is 5.29. The molecule has 0 aromatic rings. The number of carbonyl (C=O) groups is 1. The van der Waals surface area contributed by atoms with Gasteiger partial charge in [-0.05, 0) is 37.0 Å². The predicted molar refractivity (Wildman–Crippen MR) is 69.6 cm³/mol. The number of aliphatic hydroxyl groups is 1. The fourth-order valence-corrected chi connectivity index (χ4v) is 2.55. The SMILES string of the molecule is CC(C)CCC(=O)NCC1CCCCC1CO. The second-order valence-electron chi connectivity index (χ2n) is 5.72. The first-order valence-corrected chi connectivity index (χ1v) is 7.01. The van der Waals surface area contributed by atoms with Crippen molar-refractivity contribution in [3.05, 3.63) is 0 Å². The molecule has 1 fully saturated rings. The Kier molecular flexibility index (Phi) is 6.56. The van der Waals surface area contributed by atoms with Gasteiger partial charge in [-0.1, -0.05) is 26.7 Å². The van der Waals surface area contributed by atoms with E-state index >= 15 is 0 Å². The van der Waals surface area contributed by atoms with Crippen LogP contribution in [-0.2, 0) is 4.79 Å². The van der Waals surface area contributed by atoms with Crippen LogP contribution in [0.15, 0.2) is 0 Å². The molecule has 3 nitrogen and oxygen atoms in total. The molecule has 0 radical (unpaired) electrons. The number of carbonyl (C=O) groups excluding carboxylic acids is 1. The highest BCUT2D eigenvalue weighted by molar-refractivity contribution is 5.75. The Bertz CT molecular complexity index is 228. The summed E-state index contributed by atoms with van der Waals surface area (Å²) >= 11 is 0. The Morgan fingerprint density at radius 1 is 1.29 bits per heavy atom. The van der Waals surface area contributed by atoms with Crippen molar-refractivity contribution in [3.63, 3.8) is 0 Å². The number of hydrogen-bond donors (Lipinski definition) is 2. The topological polar surface area (TPSA) is 49.3 Å². The molecule has 0 saturated heterocycles. The fourth-order valence-electron chi connectivity index (χ4n) is 2.55. The molecule has 1 rings (SSSR count). The minimum absolute atomic E-state index is 0.168. The monoisotopic (exact) mass is 241 g/mol. The number of nitrogens with one attached hydrogen (secondary N) is 1. The lowest BCUT2D eigenvalue weighted by Crippen LogP contribution is -2.35. The van der Waals surface area contributed by atoms with Crippen molar-refractivity contribution in [3.8, 4) is 0 Å². The van der Waals surface area contributed by atoms with Crippen LogP contribution in [-0.4, -0.2) is 24.2 Å². The van der Waals surface area contributed by atoms with Gasteiger partial charge in [0.25, 0.3) is 0 Å². The van der Waals surface area contributed by atoms with Crippen LogP contribution in [0.5, 0.6) is 0 Å². The van der Waals surface area contributed by atoms with Crippen LogP contribution >= 0.6 is 0 Å². The standard InChI is InChI=1S/C14H27NO2/c1-11(2)7-8-14(17)15-9-12-5-3-4-6-13(12)10-16/h11-13,16H,3-10H2,1-2H3,(H,15,17). The largest absolute Gasteiger partial charge is 0.396 e. The van der Waals surface area contributed by atoms with E-state index < -0.39 is 0 Å². The number of amides is 1. The lowest BCUT2D eigenvalue weighted by Gasteiger charge is -2.30. The molecule has 2 atom stereocenters. The molecule has 0 heterocycles. The van der Waals surface area contributed by atoms with Crippen molar-refractivity contribution in [2.45, 2.75) is 52.4 Å². The number of rotatable bonds is 6. The van der Waals surface area contributed by atoms with Gasteiger partial charge in [-0.25, -0.2) is 0 Å². The highest BCUT2D eigenvalue weighted by Gasteiger charge is 2.24. The van der Waals surface area contributed by atoms with Crippen LogP contribution in [0.25, 0.3) is 0 Å². The molecular formula is C14H27NO2. The van der Waals surface area contributed by atoms with Gasteiger partial charge in [0.2, 0.25) is 5.91 Å². The first kappa shape index (κ1) is 14.5. The first-order chi connectivity index (χ1) is 8.13. The molecule has 1 aliphatic rings. The second kappa shape index (κ2) is 7.70. The van der Waals surface area contributed by atoms with E-state index in [1.807, 2.05) is 0 Å². The quantitative estimate of drug-likeness (QED) is 0.750.